The lowest BCUT2D eigenvalue weighted by Gasteiger charge is -2.19. The average Bonchev–Trinajstić information content (AvgIpc) is 2.27. The van der Waals surface area contributed by atoms with Gasteiger partial charge in [-0.3, -0.25) is 14.4 Å². The molecule has 2 amide bonds. The quantitative estimate of drug-likeness (QED) is 0.423. The number of nitrogens with two attached hydrogens (primary N) is 1. The maximum atomic E-state index is 11.4. The molecule has 0 bridgehead atoms. The molecule has 0 saturated heterocycles. The first-order valence-corrected chi connectivity index (χ1v) is 5.21. The fraction of sp³-hybridized carbons (Fsp3) is 0.700. The van der Waals surface area contributed by atoms with E-state index in [1.54, 1.807) is 6.29 Å². The van der Waals surface area contributed by atoms with E-state index in [0.29, 0.717) is 0 Å². The second-order valence-electron chi connectivity index (χ2n) is 3.84. The van der Waals surface area contributed by atoms with Crippen molar-refractivity contribution in [2.24, 2.45) is 5.73 Å². The molecule has 7 nitrogen and oxygen atoms in total. The molecule has 0 heterocycles. The Labute approximate surface area is 99.7 Å². The normalized spacial score (nSPS) is 17.5. The van der Waals surface area contributed by atoms with Gasteiger partial charge < -0.3 is 21.5 Å². The summed E-state index contributed by atoms with van der Waals surface area (Å²) < 4.78 is 0. The summed E-state index contributed by atoms with van der Waals surface area (Å²) in [7, 11) is 0. The Bertz CT molecular complexity index is 293. The van der Waals surface area contributed by atoms with Crippen LogP contribution in [-0.4, -0.2) is 47.4 Å². The number of amides is 2. The third kappa shape index (κ3) is 5.41. The van der Waals surface area contributed by atoms with Crippen LogP contribution in [0.25, 0.3) is 0 Å². The van der Waals surface area contributed by atoms with E-state index in [0.717, 1.165) is 0 Å². The van der Waals surface area contributed by atoms with Gasteiger partial charge >= 0.3 is 0 Å². The molecule has 0 rings (SSSR count). The Morgan fingerprint density at radius 3 is 2.12 bits per heavy atom. The molecule has 0 aromatic carbocycles. The Morgan fingerprint density at radius 2 is 1.71 bits per heavy atom. The van der Waals surface area contributed by atoms with E-state index in [1.165, 1.54) is 20.8 Å². The average molecular weight is 244 g/mol. The number of carbonyl (C=O) groups excluding carboxylic acids is 3. The summed E-state index contributed by atoms with van der Waals surface area (Å²) in [6.45, 7) is 4.28. The van der Waals surface area contributed by atoms with E-state index in [-0.39, 0.29) is 0 Å². The SMILES string of the molecule is C[C@H](NC(=O)[C@@H](N)[C@@H](C)O)C(=O)N[C@@H](C)[C]=O. The van der Waals surface area contributed by atoms with Gasteiger partial charge in [-0.25, -0.2) is 0 Å². The van der Waals surface area contributed by atoms with Crippen molar-refractivity contribution in [3.63, 3.8) is 0 Å². The molecule has 5 N–H and O–H groups in total. The number of hydrogen-bond acceptors (Lipinski definition) is 5. The van der Waals surface area contributed by atoms with Gasteiger partial charge in [-0.2, -0.15) is 0 Å². The molecule has 17 heavy (non-hydrogen) atoms. The molecule has 0 spiro atoms. The summed E-state index contributed by atoms with van der Waals surface area (Å²) in [6, 6.07) is -2.68. The van der Waals surface area contributed by atoms with E-state index in [4.69, 9.17) is 10.8 Å². The van der Waals surface area contributed by atoms with Gasteiger partial charge in [-0.05, 0) is 20.8 Å². The molecule has 0 aromatic rings. The fourth-order valence-electron chi connectivity index (χ4n) is 0.962. The highest BCUT2D eigenvalue weighted by Crippen LogP contribution is 1.91. The topological polar surface area (TPSA) is 122 Å². The van der Waals surface area contributed by atoms with Gasteiger partial charge in [0.2, 0.25) is 18.1 Å². The smallest absolute Gasteiger partial charge is 0.242 e. The number of rotatable bonds is 6. The molecular formula is C10H18N3O4. The van der Waals surface area contributed by atoms with Crippen LogP contribution in [0.1, 0.15) is 20.8 Å². The monoisotopic (exact) mass is 244 g/mol. The second-order valence-corrected chi connectivity index (χ2v) is 3.84. The van der Waals surface area contributed by atoms with Gasteiger partial charge in [0.05, 0.1) is 12.1 Å². The van der Waals surface area contributed by atoms with Crippen molar-refractivity contribution in [1.82, 2.24) is 10.6 Å². The Balaban J connectivity index is 4.25. The first-order chi connectivity index (χ1) is 7.79. The van der Waals surface area contributed by atoms with E-state index < -0.39 is 36.0 Å². The first kappa shape index (κ1) is 15.5. The lowest BCUT2D eigenvalue weighted by molar-refractivity contribution is -0.130. The highest BCUT2D eigenvalue weighted by Gasteiger charge is 2.23. The summed E-state index contributed by atoms with van der Waals surface area (Å²) in [5.41, 5.74) is 5.38. The zero-order valence-electron chi connectivity index (χ0n) is 10.1. The van der Waals surface area contributed by atoms with Crippen molar-refractivity contribution in [1.29, 1.82) is 0 Å². The van der Waals surface area contributed by atoms with Gasteiger partial charge in [0.15, 0.2) is 0 Å². The molecule has 0 saturated carbocycles. The molecule has 97 valence electrons. The molecule has 0 aliphatic rings. The van der Waals surface area contributed by atoms with Crippen molar-refractivity contribution in [2.45, 2.75) is 45.0 Å². The van der Waals surface area contributed by atoms with Crippen LogP contribution in [0.15, 0.2) is 0 Å². The van der Waals surface area contributed by atoms with Crippen LogP contribution in [0.4, 0.5) is 0 Å². The van der Waals surface area contributed by atoms with Gasteiger partial charge in [0, 0.05) is 0 Å². The van der Waals surface area contributed by atoms with Crippen LogP contribution in [0.3, 0.4) is 0 Å². The van der Waals surface area contributed by atoms with Crippen LogP contribution in [0.5, 0.6) is 0 Å². The third-order valence-electron chi connectivity index (χ3n) is 2.11. The number of carbonyl (C=O) groups is 2. The minimum atomic E-state index is -1.10. The summed E-state index contributed by atoms with van der Waals surface area (Å²) in [4.78, 5) is 33.0. The van der Waals surface area contributed by atoms with Gasteiger partial charge in [0.1, 0.15) is 12.1 Å². The second kappa shape index (κ2) is 6.97. The van der Waals surface area contributed by atoms with Crippen molar-refractivity contribution in [3.05, 3.63) is 0 Å². The summed E-state index contributed by atoms with van der Waals surface area (Å²) in [6.07, 6.45) is 0.579. The van der Waals surface area contributed by atoms with Crippen LogP contribution < -0.4 is 16.4 Å². The highest BCUT2D eigenvalue weighted by molar-refractivity contribution is 5.90. The lowest BCUT2D eigenvalue weighted by Crippen LogP contribution is -2.54. The third-order valence-corrected chi connectivity index (χ3v) is 2.11. The van der Waals surface area contributed by atoms with Crippen molar-refractivity contribution >= 4 is 18.1 Å². The van der Waals surface area contributed by atoms with Gasteiger partial charge in [-0.1, -0.05) is 0 Å². The van der Waals surface area contributed by atoms with Crippen molar-refractivity contribution in [3.8, 4) is 0 Å². The number of aliphatic hydroxyl groups excluding tert-OH is 1. The van der Waals surface area contributed by atoms with E-state index in [2.05, 4.69) is 10.6 Å². The number of nitrogens with one attached hydrogen (secondary N) is 2. The number of hydrogen-bond donors (Lipinski definition) is 4. The molecule has 0 fully saturated rings. The van der Waals surface area contributed by atoms with Gasteiger partial charge in [0.25, 0.3) is 0 Å². The largest absolute Gasteiger partial charge is 0.391 e. The van der Waals surface area contributed by atoms with Crippen LogP contribution in [-0.2, 0) is 14.4 Å². The minimum Gasteiger partial charge on any atom is -0.391 e. The molecule has 1 radical (unpaired) electrons. The predicted octanol–water partition coefficient (Wildman–Crippen LogP) is -2.19. The molecular weight excluding hydrogens is 226 g/mol. The molecule has 0 aromatic heterocycles. The van der Waals surface area contributed by atoms with Gasteiger partial charge in [-0.15, -0.1) is 0 Å². The lowest BCUT2D eigenvalue weighted by atomic mass is 10.1. The summed E-state index contributed by atoms with van der Waals surface area (Å²) in [5.74, 6) is -1.16. The predicted molar refractivity (Wildman–Crippen MR) is 60.6 cm³/mol. The fourth-order valence-corrected chi connectivity index (χ4v) is 0.962. The highest BCUT2D eigenvalue weighted by atomic mass is 16.3. The standard InChI is InChI=1S/C10H18N3O4/c1-5(4-14)12-9(16)6(2)13-10(17)8(11)7(3)15/h5-8,15H,11H2,1-3H3,(H,12,16)(H,13,17)/t5-,6-,7+,8-/m0/s1. The van der Waals surface area contributed by atoms with E-state index in [9.17, 15) is 14.4 Å². The number of aliphatic hydroxyl groups is 1. The maximum absolute atomic E-state index is 11.4. The molecule has 0 aliphatic carbocycles. The van der Waals surface area contributed by atoms with Crippen LogP contribution >= 0.6 is 0 Å². The molecule has 4 atom stereocenters. The van der Waals surface area contributed by atoms with Crippen LogP contribution in [0.2, 0.25) is 0 Å². The summed E-state index contributed by atoms with van der Waals surface area (Å²) in [5, 5.41) is 13.7. The van der Waals surface area contributed by atoms with Crippen LogP contribution in [0, 0.1) is 0 Å². The Kier molecular flexibility index (Phi) is 6.37. The molecule has 0 unspecified atom stereocenters. The maximum Gasteiger partial charge on any atom is 0.242 e. The van der Waals surface area contributed by atoms with E-state index in [1.807, 2.05) is 0 Å². The van der Waals surface area contributed by atoms with E-state index >= 15 is 0 Å². The van der Waals surface area contributed by atoms with Crippen molar-refractivity contribution in [2.75, 3.05) is 0 Å². The summed E-state index contributed by atoms with van der Waals surface area (Å²) >= 11 is 0. The first-order valence-electron chi connectivity index (χ1n) is 5.21. The Morgan fingerprint density at radius 1 is 1.18 bits per heavy atom. The molecule has 7 heteroatoms. The zero-order valence-corrected chi connectivity index (χ0v) is 10.1. The molecule has 0 aliphatic heterocycles. The Hall–Kier alpha value is -1.47. The van der Waals surface area contributed by atoms with Crippen molar-refractivity contribution < 1.29 is 19.5 Å². The minimum absolute atomic E-state index is 0.521. The zero-order chi connectivity index (χ0) is 13.6.